The van der Waals surface area contributed by atoms with E-state index < -0.39 is 36.1 Å². The molecule has 2 aliphatic heterocycles. The molecule has 2 saturated heterocycles. The fraction of sp³-hybridized carbons (Fsp3) is 0.718. The second-order valence-electron chi connectivity index (χ2n) is 15.0. The van der Waals surface area contributed by atoms with Gasteiger partial charge in [0.05, 0.1) is 49.2 Å². The van der Waals surface area contributed by atoms with Crippen LogP contribution in [0.1, 0.15) is 65.9 Å². The molecular weight excluding hydrogens is 678 g/mol. The van der Waals surface area contributed by atoms with E-state index in [-0.39, 0.29) is 66.9 Å². The number of likely N-dealkylation sites (tertiary alicyclic amines) is 1. The van der Waals surface area contributed by atoms with Crippen molar-refractivity contribution in [1.29, 1.82) is 0 Å². The Balaban J connectivity index is 1.69. The SMILES string of the molecule is CCC(C)C(C(CC(=O)N1CCCC1C(OC)C(C)C(=O)NC(Cc1ccccc1)C(N)=O)OC)N(C)C(=O)CNC(=O)C(C(C)C)N1CCNCC1. The molecule has 2 fully saturated rings. The Morgan fingerprint density at radius 1 is 0.981 bits per heavy atom. The van der Waals surface area contributed by atoms with Gasteiger partial charge >= 0.3 is 0 Å². The van der Waals surface area contributed by atoms with Crippen LogP contribution in [-0.4, -0.2) is 141 Å². The number of hydrogen-bond donors (Lipinski definition) is 4. The third-order valence-electron chi connectivity index (χ3n) is 11.1. The van der Waals surface area contributed by atoms with Gasteiger partial charge in [-0.1, -0.05) is 71.4 Å². The van der Waals surface area contributed by atoms with E-state index >= 15 is 0 Å². The molecule has 3 rings (SSSR count). The standard InChI is InChI=1S/C39H65N7O7/c1-9-26(4)35(44(6)33(48)24-42-39(51)34(25(2)3)45-20-17-41-18-21-45)31(52-7)23-32(47)46-19-13-16-30(46)36(53-8)27(5)38(50)43-29(37(40)49)22-28-14-11-10-12-15-28/h10-12,14-15,25-27,29-31,34-36,41H,9,13,16-24H2,1-8H3,(H2,40,49)(H,42,51)(H,43,50). The lowest BCUT2D eigenvalue weighted by atomic mass is 9.90. The summed E-state index contributed by atoms with van der Waals surface area (Å²) in [6.45, 7) is 13.3. The van der Waals surface area contributed by atoms with Crippen LogP contribution in [0.5, 0.6) is 0 Å². The van der Waals surface area contributed by atoms with Crippen molar-refractivity contribution < 1.29 is 33.4 Å². The summed E-state index contributed by atoms with van der Waals surface area (Å²) in [7, 11) is 4.77. The number of ether oxygens (including phenoxy) is 2. The van der Waals surface area contributed by atoms with Crippen LogP contribution in [0.15, 0.2) is 30.3 Å². The highest BCUT2D eigenvalue weighted by Gasteiger charge is 2.42. The maximum absolute atomic E-state index is 14.1. The summed E-state index contributed by atoms with van der Waals surface area (Å²) in [5.74, 6) is -2.24. The molecule has 0 aromatic heterocycles. The van der Waals surface area contributed by atoms with E-state index in [1.807, 2.05) is 58.0 Å². The topological polar surface area (TPSA) is 176 Å². The average molecular weight is 744 g/mol. The predicted molar refractivity (Wildman–Crippen MR) is 203 cm³/mol. The predicted octanol–water partition coefficient (Wildman–Crippen LogP) is 1.17. The molecule has 14 heteroatoms. The number of amides is 5. The fourth-order valence-electron chi connectivity index (χ4n) is 7.94. The number of carbonyl (C=O) groups is 5. The van der Waals surface area contributed by atoms with E-state index in [4.69, 9.17) is 15.2 Å². The molecule has 0 radical (unpaired) electrons. The van der Waals surface area contributed by atoms with Crippen LogP contribution in [0, 0.1) is 17.8 Å². The zero-order valence-electron chi connectivity index (χ0n) is 33.1. The Bertz CT molecular complexity index is 1340. The smallest absolute Gasteiger partial charge is 0.242 e. The minimum atomic E-state index is -0.900. The van der Waals surface area contributed by atoms with E-state index in [2.05, 4.69) is 20.9 Å². The van der Waals surface area contributed by atoms with Crippen LogP contribution < -0.4 is 21.7 Å². The number of rotatable bonds is 20. The summed E-state index contributed by atoms with van der Waals surface area (Å²) in [6, 6.07) is 7.28. The number of nitrogens with two attached hydrogens (primary N) is 1. The van der Waals surface area contributed by atoms with Crippen molar-refractivity contribution in [3.05, 3.63) is 35.9 Å². The lowest BCUT2D eigenvalue weighted by Gasteiger charge is -2.39. The molecule has 298 valence electrons. The molecule has 0 bridgehead atoms. The zero-order valence-corrected chi connectivity index (χ0v) is 33.1. The van der Waals surface area contributed by atoms with E-state index in [0.717, 1.165) is 44.6 Å². The molecule has 2 aliphatic rings. The molecule has 8 unspecified atom stereocenters. The molecule has 2 heterocycles. The van der Waals surface area contributed by atoms with Gasteiger partial charge in [-0.2, -0.15) is 0 Å². The van der Waals surface area contributed by atoms with Gasteiger partial charge in [-0.3, -0.25) is 28.9 Å². The molecule has 0 saturated carbocycles. The highest BCUT2D eigenvalue weighted by atomic mass is 16.5. The monoisotopic (exact) mass is 743 g/mol. The molecule has 1 aromatic rings. The van der Waals surface area contributed by atoms with Crippen molar-refractivity contribution >= 4 is 29.5 Å². The number of primary amides is 1. The maximum atomic E-state index is 14.1. The Hall–Kier alpha value is -3.59. The van der Waals surface area contributed by atoms with E-state index in [9.17, 15) is 24.0 Å². The van der Waals surface area contributed by atoms with Crippen molar-refractivity contribution in [2.24, 2.45) is 23.5 Å². The van der Waals surface area contributed by atoms with E-state index in [1.54, 1.807) is 30.9 Å². The summed E-state index contributed by atoms with van der Waals surface area (Å²) in [6.07, 6.45) is 1.13. The summed E-state index contributed by atoms with van der Waals surface area (Å²) < 4.78 is 11.8. The van der Waals surface area contributed by atoms with Crippen LogP contribution >= 0.6 is 0 Å². The molecular formula is C39H65N7O7. The van der Waals surface area contributed by atoms with Gasteiger partial charge in [0.1, 0.15) is 6.04 Å². The first kappa shape index (κ1) is 43.8. The van der Waals surface area contributed by atoms with Crippen molar-refractivity contribution in [2.75, 3.05) is 60.5 Å². The summed E-state index contributed by atoms with van der Waals surface area (Å²) >= 11 is 0. The van der Waals surface area contributed by atoms with Gasteiger partial charge in [-0.25, -0.2) is 0 Å². The van der Waals surface area contributed by atoms with Crippen LogP contribution in [0.2, 0.25) is 0 Å². The van der Waals surface area contributed by atoms with Crippen LogP contribution in [0.4, 0.5) is 0 Å². The molecule has 0 spiro atoms. The highest BCUT2D eigenvalue weighted by Crippen LogP contribution is 2.29. The summed E-state index contributed by atoms with van der Waals surface area (Å²) in [5.41, 5.74) is 6.53. The normalized spacial score (nSPS) is 20.5. The second-order valence-corrected chi connectivity index (χ2v) is 15.0. The molecule has 1 aromatic carbocycles. The van der Waals surface area contributed by atoms with Crippen molar-refractivity contribution in [1.82, 2.24) is 30.7 Å². The Morgan fingerprint density at radius 2 is 1.64 bits per heavy atom. The molecule has 8 atom stereocenters. The summed E-state index contributed by atoms with van der Waals surface area (Å²) in [4.78, 5) is 72.4. The number of piperazine rings is 1. The van der Waals surface area contributed by atoms with Crippen LogP contribution in [0.3, 0.4) is 0 Å². The molecule has 0 aliphatic carbocycles. The zero-order chi connectivity index (χ0) is 39.2. The second kappa shape index (κ2) is 21.3. The van der Waals surface area contributed by atoms with Gasteiger partial charge in [0.15, 0.2) is 0 Å². The Kier molecular flexibility index (Phi) is 17.6. The maximum Gasteiger partial charge on any atom is 0.242 e. The lowest BCUT2D eigenvalue weighted by molar-refractivity contribution is -0.146. The minimum Gasteiger partial charge on any atom is -0.379 e. The third-order valence-corrected chi connectivity index (χ3v) is 11.1. The number of likely N-dealkylation sites (N-methyl/N-ethyl adjacent to an activating group) is 1. The number of benzene rings is 1. The van der Waals surface area contributed by atoms with Crippen LogP contribution in [-0.2, 0) is 39.9 Å². The lowest BCUT2D eigenvalue weighted by Crippen LogP contribution is -2.57. The first-order chi connectivity index (χ1) is 25.2. The average Bonchev–Trinajstić information content (AvgIpc) is 3.63. The number of nitrogens with one attached hydrogen (secondary N) is 3. The molecule has 53 heavy (non-hydrogen) atoms. The molecule has 5 amide bonds. The first-order valence-electron chi connectivity index (χ1n) is 19.2. The molecule has 14 nitrogen and oxygen atoms in total. The number of hydrogen-bond acceptors (Lipinski definition) is 9. The van der Waals surface area contributed by atoms with E-state index in [1.165, 1.54) is 7.11 Å². The van der Waals surface area contributed by atoms with Crippen molar-refractivity contribution in [3.8, 4) is 0 Å². The van der Waals surface area contributed by atoms with Gasteiger partial charge in [-0.05, 0) is 30.2 Å². The minimum absolute atomic E-state index is 0.0134. The summed E-state index contributed by atoms with van der Waals surface area (Å²) in [5, 5.41) is 9.01. The Morgan fingerprint density at radius 3 is 2.21 bits per heavy atom. The number of carbonyl (C=O) groups excluding carboxylic acids is 5. The molecule has 5 N–H and O–H groups in total. The fourth-order valence-corrected chi connectivity index (χ4v) is 7.94. The van der Waals surface area contributed by atoms with Gasteiger partial charge < -0.3 is 41.0 Å². The number of nitrogens with zero attached hydrogens (tertiary/aromatic N) is 3. The highest BCUT2D eigenvalue weighted by molar-refractivity contribution is 5.89. The third kappa shape index (κ3) is 12.0. The van der Waals surface area contributed by atoms with E-state index in [0.29, 0.717) is 13.0 Å². The quantitative estimate of drug-likeness (QED) is 0.153. The first-order valence-corrected chi connectivity index (χ1v) is 19.2. The van der Waals surface area contributed by atoms with Crippen LogP contribution in [0.25, 0.3) is 0 Å². The van der Waals surface area contributed by atoms with Gasteiger partial charge in [-0.15, -0.1) is 0 Å². The van der Waals surface area contributed by atoms with Crippen molar-refractivity contribution in [3.63, 3.8) is 0 Å². The number of methoxy groups -OCH3 is 2. The Labute approximate surface area is 316 Å². The van der Waals surface area contributed by atoms with Gasteiger partial charge in [0, 0.05) is 60.4 Å². The van der Waals surface area contributed by atoms with Gasteiger partial charge in [0.25, 0.3) is 0 Å². The van der Waals surface area contributed by atoms with Crippen molar-refractivity contribution in [2.45, 2.75) is 103 Å². The largest absolute Gasteiger partial charge is 0.379 e. The van der Waals surface area contributed by atoms with Gasteiger partial charge in [0.2, 0.25) is 29.5 Å².